The van der Waals surface area contributed by atoms with Crippen LogP contribution in [0.3, 0.4) is 0 Å². The molecule has 1 aliphatic carbocycles. The van der Waals surface area contributed by atoms with Crippen LogP contribution < -0.4 is 16.0 Å². The van der Waals surface area contributed by atoms with Crippen LogP contribution in [0.15, 0.2) is 30.5 Å². The van der Waals surface area contributed by atoms with Gasteiger partial charge in [-0.1, -0.05) is 39.2 Å². The Morgan fingerprint density at radius 3 is 2.53 bits per heavy atom. The van der Waals surface area contributed by atoms with E-state index >= 15 is 0 Å². The van der Waals surface area contributed by atoms with Gasteiger partial charge in [0.1, 0.15) is 18.2 Å². The number of esters is 1. The molecule has 4 heterocycles. The predicted molar refractivity (Wildman–Crippen MR) is 205 cm³/mol. The first kappa shape index (κ1) is 41.6. The average Bonchev–Trinajstić information content (AvgIpc) is 3.62. The van der Waals surface area contributed by atoms with Crippen molar-refractivity contribution in [3.63, 3.8) is 0 Å². The van der Waals surface area contributed by atoms with Crippen LogP contribution in [0, 0.1) is 35.0 Å². The number of nitrogens with one attached hydrogen (secondary N) is 3. The molecular formula is C39H60N10O4. The van der Waals surface area contributed by atoms with Crippen LogP contribution in [0.1, 0.15) is 104 Å². The first-order valence-electron chi connectivity index (χ1n) is 19.0. The van der Waals surface area contributed by atoms with Gasteiger partial charge in [0, 0.05) is 56.6 Å². The zero-order valence-corrected chi connectivity index (χ0v) is 32.9. The molecule has 1 saturated heterocycles. The quantitative estimate of drug-likeness (QED) is 0.154. The number of hydrogen-bond donors (Lipinski definition) is 3. The van der Waals surface area contributed by atoms with E-state index in [9.17, 15) is 10.1 Å². The van der Waals surface area contributed by atoms with Crippen molar-refractivity contribution in [1.82, 2.24) is 35.5 Å². The second-order valence-electron chi connectivity index (χ2n) is 15.6. The minimum Gasteiger partial charge on any atom is -0.437 e. The fraction of sp³-hybridized carbons (Fsp3) is 0.667. The summed E-state index contributed by atoms with van der Waals surface area (Å²) in [4.78, 5) is 22.6. The van der Waals surface area contributed by atoms with E-state index in [4.69, 9.17) is 19.2 Å². The van der Waals surface area contributed by atoms with E-state index in [0.29, 0.717) is 38.2 Å². The smallest absolute Gasteiger partial charge is 0.313 e. The van der Waals surface area contributed by atoms with Crippen molar-refractivity contribution in [3.05, 3.63) is 41.9 Å². The third kappa shape index (κ3) is 12.7. The number of pyridine rings is 2. The number of hydrogen-bond acceptors (Lipinski definition) is 13. The molecule has 0 amide bonds. The highest BCUT2D eigenvalue weighted by Gasteiger charge is 2.33. The lowest BCUT2D eigenvalue weighted by atomic mass is 9.82. The number of aryl methyl sites for hydroxylation is 1. The summed E-state index contributed by atoms with van der Waals surface area (Å²) in [5.74, 6) is 1.81. The Bertz CT molecular complexity index is 1620. The summed E-state index contributed by atoms with van der Waals surface area (Å²) in [7, 11) is 1.85. The summed E-state index contributed by atoms with van der Waals surface area (Å²) in [6.07, 6.45) is 9.26. The van der Waals surface area contributed by atoms with E-state index in [1.54, 1.807) is 0 Å². The summed E-state index contributed by atoms with van der Waals surface area (Å²) in [5, 5.41) is 32.1. The molecule has 14 nitrogen and oxygen atoms in total. The molecule has 0 aromatic carbocycles. The Balaban J connectivity index is 0.000000238. The maximum absolute atomic E-state index is 12.2. The van der Waals surface area contributed by atoms with Gasteiger partial charge < -0.3 is 30.2 Å². The molecule has 0 radical (unpaired) electrons. The highest BCUT2D eigenvalue weighted by atomic mass is 16.6. The SMILES string of the molecule is CC(C)C(OC(=O)C(C)(C)C)n1nnc(COC[C@@H](C)NC2CCCCC2)n1.CNc1cc(-c2cccc(NCC3(C#N)CCOCC3)n2)c(C)cn1. The van der Waals surface area contributed by atoms with Crippen molar-refractivity contribution >= 4 is 17.6 Å². The Kier molecular flexibility index (Phi) is 15.5. The molecule has 3 N–H and O–H groups in total. The van der Waals surface area contributed by atoms with Gasteiger partial charge in [-0.2, -0.15) is 5.26 Å². The van der Waals surface area contributed by atoms with Crippen LogP contribution in [-0.2, 0) is 25.6 Å². The second-order valence-corrected chi connectivity index (χ2v) is 15.6. The maximum atomic E-state index is 12.2. The predicted octanol–water partition coefficient (Wildman–Crippen LogP) is 6.47. The van der Waals surface area contributed by atoms with Crippen molar-refractivity contribution in [2.24, 2.45) is 16.7 Å². The third-order valence-electron chi connectivity index (χ3n) is 9.51. The number of nitrogens with zero attached hydrogens (tertiary/aromatic N) is 7. The molecule has 0 bridgehead atoms. The van der Waals surface area contributed by atoms with Crippen molar-refractivity contribution in [3.8, 4) is 17.3 Å². The number of rotatable bonds is 14. The van der Waals surface area contributed by atoms with Crippen molar-refractivity contribution in [2.75, 3.05) is 44.0 Å². The van der Waals surface area contributed by atoms with E-state index in [0.717, 1.165) is 41.3 Å². The van der Waals surface area contributed by atoms with Gasteiger partial charge in [0.05, 0.1) is 29.2 Å². The normalized spacial score (nSPS) is 17.2. The van der Waals surface area contributed by atoms with Crippen LogP contribution in [0.25, 0.3) is 11.3 Å². The zero-order valence-electron chi connectivity index (χ0n) is 32.9. The molecule has 2 fully saturated rings. The van der Waals surface area contributed by atoms with Crippen LogP contribution in [-0.4, -0.2) is 81.6 Å². The minimum absolute atomic E-state index is 0.0222. The minimum atomic E-state index is -0.583. The van der Waals surface area contributed by atoms with Crippen LogP contribution >= 0.6 is 0 Å². The Morgan fingerprint density at radius 2 is 1.87 bits per heavy atom. The molecule has 2 aliphatic rings. The lowest BCUT2D eigenvalue weighted by molar-refractivity contribution is -0.169. The molecule has 1 aliphatic heterocycles. The number of tetrazole rings is 1. The van der Waals surface area contributed by atoms with E-state index in [1.807, 2.05) is 79.1 Å². The first-order chi connectivity index (χ1) is 25.3. The van der Waals surface area contributed by atoms with Gasteiger partial charge in [0.2, 0.25) is 12.1 Å². The molecular weight excluding hydrogens is 672 g/mol. The summed E-state index contributed by atoms with van der Waals surface area (Å²) in [6.45, 7) is 16.3. The summed E-state index contributed by atoms with van der Waals surface area (Å²) < 4.78 is 16.8. The van der Waals surface area contributed by atoms with Gasteiger partial charge in [0.15, 0.2) is 0 Å². The maximum Gasteiger partial charge on any atom is 0.313 e. The molecule has 53 heavy (non-hydrogen) atoms. The van der Waals surface area contributed by atoms with Crippen molar-refractivity contribution in [1.29, 1.82) is 5.26 Å². The average molecular weight is 733 g/mol. The molecule has 2 atom stereocenters. The van der Waals surface area contributed by atoms with E-state index in [1.165, 1.54) is 36.9 Å². The number of carbonyl (C=O) groups excluding carboxylic acids is 1. The number of aromatic nitrogens is 6. The van der Waals surface area contributed by atoms with E-state index < -0.39 is 11.6 Å². The van der Waals surface area contributed by atoms with Gasteiger partial charge in [-0.3, -0.25) is 4.79 Å². The monoisotopic (exact) mass is 732 g/mol. The van der Waals surface area contributed by atoms with Crippen LogP contribution in [0.2, 0.25) is 0 Å². The summed E-state index contributed by atoms with van der Waals surface area (Å²) >= 11 is 0. The molecule has 0 spiro atoms. The fourth-order valence-electron chi connectivity index (χ4n) is 6.17. The zero-order chi connectivity index (χ0) is 38.4. The highest BCUT2D eigenvalue weighted by molar-refractivity contribution is 5.75. The number of carbonyl (C=O) groups is 1. The molecule has 3 aromatic rings. The van der Waals surface area contributed by atoms with Gasteiger partial charge in [-0.15, -0.1) is 15.0 Å². The highest BCUT2D eigenvalue weighted by Crippen LogP contribution is 2.31. The number of nitriles is 1. The van der Waals surface area contributed by atoms with Crippen LogP contribution in [0.5, 0.6) is 0 Å². The Morgan fingerprint density at radius 1 is 1.13 bits per heavy atom. The Labute approximate surface area is 315 Å². The van der Waals surface area contributed by atoms with Crippen molar-refractivity contribution in [2.45, 2.75) is 118 Å². The topological polar surface area (TPSA) is 174 Å². The van der Waals surface area contributed by atoms with Crippen LogP contribution in [0.4, 0.5) is 11.6 Å². The van der Waals surface area contributed by atoms with Gasteiger partial charge in [-0.25, -0.2) is 9.97 Å². The Hall–Kier alpha value is -4.19. The summed E-state index contributed by atoms with van der Waals surface area (Å²) in [5.41, 5.74) is 2.05. The second kappa shape index (κ2) is 19.8. The molecule has 1 saturated carbocycles. The molecule has 14 heteroatoms. The standard InChI is InChI=1S/C20H37N5O3.C19H23N5O/c1-14(2)18(28-19(26)20(4,5)6)25-23-17(22-24-25)13-27-12-15(3)21-16-10-8-7-9-11-16;1-14-11-22-18(21-2)10-15(14)16-4-3-5-17(24-16)23-13-19(12-20)6-8-25-9-7-19/h14-16,18,21H,7-13H2,1-6H3;3-5,10-11H,6-9,13H2,1-2H3,(H,21,22)(H,23,24)/t15-,18?;/m1./s1. The molecule has 5 rings (SSSR count). The van der Waals surface area contributed by atoms with Gasteiger partial charge in [-0.05, 0) is 89.3 Å². The molecule has 290 valence electrons. The molecule has 1 unspecified atom stereocenters. The largest absolute Gasteiger partial charge is 0.437 e. The van der Waals surface area contributed by atoms with Gasteiger partial charge >= 0.3 is 5.97 Å². The van der Waals surface area contributed by atoms with Gasteiger partial charge in [0.25, 0.3) is 0 Å². The van der Waals surface area contributed by atoms with E-state index in [-0.39, 0.29) is 30.0 Å². The third-order valence-corrected chi connectivity index (χ3v) is 9.51. The van der Waals surface area contributed by atoms with E-state index in [2.05, 4.69) is 49.3 Å². The molecule has 3 aromatic heterocycles. The lowest BCUT2D eigenvalue weighted by Crippen LogP contribution is -2.40. The van der Waals surface area contributed by atoms with Crippen molar-refractivity contribution < 1.29 is 19.0 Å². The number of anilines is 2. The first-order valence-corrected chi connectivity index (χ1v) is 19.0. The fourth-order valence-corrected chi connectivity index (χ4v) is 6.17. The summed E-state index contributed by atoms with van der Waals surface area (Å²) in [6, 6.07) is 11.3. The lowest BCUT2D eigenvalue weighted by Gasteiger charge is -2.30. The number of ether oxygens (including phenoxy) is 3.